The first-order valence-electron chi connectivity index (χ1n) is 6.01. The summed E-state index contributed by atoms with van der Waals surface area (Å²) < 4.78 is 0. The normalized spacial score (nSPS) is 22.4. The van der Waals surface area contributed by atoms with E-state index in [9.17, 15) is 0 Å². The summed E-state index contributed by atoms with van der Waals surface area (Å²) in [6.45, 7) is 5.63. The summed E-state index contributed by atoms with van der Waals surface area (Å²) in [7, 11) is 2.22. The molecule has 1 heterocycles. The molecule has 0 saturated carbocycles. The minimum atomic E-state index is 0.673. The maximum absolute atomic E-state index is 5.70. The Labute approximate surface area is 97.8 Å². The molecule has 0 aliphatic carbocycles. The number of hydrogen-bond acceptors (Lipinski definition) is 3. The lowest BCUT2D eigenvalue weighted by Gasteiger charge is -2.40. The average molecular weight is 219 g/mol. The molecule has 1 fully saturated rings. The first-order valence-corrected chi connectivity index (χ1v) is 6.01. The van der Waals surface area contributed by atoms with Gasteiger partial charge in [-0.05, 0) is 37.7 Å². The Kier molecular flexibility index (Phi) is 3.34. The third kappa shape index (κ3) is 2.30. The van der Waals surface area contributed by atoms with Crippen molar-refractivity contribution in [1.82, 2.24) is 4.90 Å². The lowest BCUT2D eigenvalue weighted by atomic mass is 10.1. The van der Waals surface area contributed by atoms with Gasteiger partial charge in [-0.1, -0.05) is 6.92 Å². The fourth-order valence-electron chi connectivity index (χ4n) is 2.31. The second-order valence-corrected chi connectivity index (χ2v) is 4.58. The van der Waals surface area contributed by atoms with Gasteiger partial charge in [-0.2, -0.15) is 0 Å². The van der Waals surface area contributed by atoms with E-state index in [1.807, 2.05) is 12.1 Å². The molecule has 2 rings (SSSR count). The van der Waals surface area contributed by atoms with Crippen molar-refractivity contribution in [3.8, 4) is 0 Å². The van der Waals surface area contributed by atoms with E-state index in [1.165, 1.54) is 12.1 Å². The quantitative estimate of drug-likeness (QED) is 0.770. The fourth-order valence-corrected chi connectivity index (χ4v) is 2.31. The second-order valence-electron chi connectivity index (χ2n) is 4.58. The van der Waals surface area contributed by atoms with Crippen LogP contribution in [0.1, 0.15) is 13.3 Å². The third-order valence-electron chi connectivity index (χ3n) is 3.51. The van der Waals surface area contributed by atoms with Crippen molar-refractivity contribution in [3.63, 3.8) is 0 Å². The molecule has 0 amide bonds. The van der Waals surface area contributed by atoms with Crippen LogP contribution in [0.5, 0.6) is 0 Å². The van der Waals surface area contributed by atoms with Gasteiger partial charge in [0.15, 0.2) is 0 Å². The van der Waals surface area contributed by atoms with Crippen molar-refractivity contribution in [3.05, 3.63) is 24.3 Å². The van der Waals surface area contributed by atoms with Gasteiger partial charge >= 0.3 is 0 Å². The molecule has 1 aromatic rings. The highest BCUT2D eigenvalue weighted by Gasteiger charge is 2.22. The summed E-state index contributed by atoms with van der Waals surface area (Å²) in [5.74, 6) is 0. The molecule has 0 radical (unpaired) electrons. The Hall–Kier alpha value is -1.22. The number of nitrogen functional groups attached to an aromatic ring is 1. The van der Waals surface area contributed by atoms with Crippen LogP contribution in [0.4, 0.5) is 11.4 Å². The van der Waals surface area contributed by atoms with Gasteiger partial charge in [0.2, 0.25) is 0 Å². The van der Waals surface area contributed by atoms with Crippen molar-refractivity contribution in [2.45, 2.75) is 19.4 Å². The highest BCUT2D eigenvalue weighted by molar-refractivity contribution is 5.53. The van der Waals surface area contributed by atoms with E-state index in [2.05, 4.69) is 35.9 Å². The zero-order chi connectivity index (χ0) is 11.5. The summed E-state index contributed by atoms with van der Waals surface area (Å²) >= 11 is 0. The Morgan fingerprint density at radius 3 is 2.56 bits per heavy atom. The van der Waals surface area contributed by atoms with Crippen molar-refractivity contribution in [2.75, 3.05) is 37.3 Å². The summed E-state index contributed by atoms with van der Waals surface area (Å²) in [6.07, 6.45) is 1.21. The standard InChI is InChI=1S/C13H21N3/c1-3-12-10-16(9-8-15(12)2)13-6-4-11(14)5-7-13/h4-7,12H,3,8-10,14H2,1-2H3/t12-/m0/s1. The molecule has 1 atom stereocenters. The number of anilines is 2. The van der Waals surface area contributed by atoms with Crippen molar-refractivity contribution >= 4 is 11.4 Å². The van der Waals surface area contributed by atoms with Crippen molar-refractivity contribution in [1.29, 1.82) is 0 Å². The van der Waals surface area contributed by atoms with E-state index in [0.717, 1.165) is 25.3 Å². The Morgan fingerprint density at radius 1 is 1.25 bits per heavy atom. The molecule has 1 aromatic carbocycles. The molecule has 1 aliphatic rings. The lowest BCUT2D eigenvalue weighted by Crippen LogP contribution is -2.51. The fraction of sp³-hybridized carbons (Fsp3) is 0.538. The minimum absolute atomic E-state index is 0.673. The number of rotatable bonds is 2. The second kappa shape index (κ2) is 4.74. The van der Waals surface area contributed by atoms with Gasteiger partial charge in [-0.3, -0.25) is 4.90 Å². The smallest absolute Gasteiger partial charge is 0.0368 e. The highest BCUT2D eigenvalue weighted by Crippen LogP contribution is 2.20. The Balaban J connectivity index is 2.08. The predicted molar refractivity (Wildman–Crippen MR) is 69.8 cm³/mol. The number of hydrogen-bond donors (Lipinski definition) is 1. The molecular weight excluding hydrogens is 198 g/mol. The molecule has 1 aliphatic heterocycles. The molecule has 88 valence electrons. The van der Waals surface area contributed by atoms with Gasteiger partial charge in [0.1, 0.15) is 0 Å². The molecule has 3 nitrogen and oxygen atoms in total. The summed E-state index contributed by atoms with van der Waals surface area (Å²) in [5, 5.41) is 0. The number of nitrogens with two attached hydrogens (primary N) is 1. The molecule has 0 bridgehead atoms. The monoisotopic (exact) mass is 219 g/mol. The van der Waals surface area contributed by atoms with Gasteiger partial charge in [0.25, 0.3) is 0 Å². The third-order valence-corrected chi connectivity index (χ3v) is 3.51. The first-order chi connectivity index (χ1) is 7.70. The minimum Gasteiger partial charge on any atom is -0.399 e. The van der Waals surface area contributed by atoms with Crippen LogP contribution in [0.3, 0.4) is 0 Å². The van der Waals surface area contributed by atoms with Crippen LogP contribution >= 0.6 is 0 Å². The van der Waals surface area contributed by atoms with Crippen LogP contribution < -0.4 is 10.6 Å². The van der Waals surface area contributed by atoms with Crippen LogP contribution in [0.2, 0.25) is 0 Å². The maximum Gasteiger partial charge on any atom is 0.0368 e. The molecule has 16 heavy (non-hydrogen) atoms. The van der Waals surface area contributed by atoms with Crippen LogP contribution in [-0.4, -0.2) is 37.6 Å². The highest BCUT2D eigenvalue weighted by atomic mass is 15.3. The zero-order valence-corrected chi connectivity index (χ0v) is 10.2. The van der Waals surface area contributed by atoms with E-state index < -0.39 is 0 Å². The average Bonchev–Trinajstić information content (AvgIpc) is 2.31. The van der Waals surface area contributed by atoms with Crippen LogP contribution in [0.25, 0.3) is 0 Å². The Bertz CT molecular complexity index is 334. The molecular formula is C13H21N3. The van der Waals surface area contributed by atoms with Gasteiger partial charge in [0.05, 0.1) is 0 Å². The van der Waals surface area contributed by atoms with Crippen LogP contribution in [0, 0.1) is 0 Å². The predicted octanol–water partition coefficient (Wildman–Crippen LogP) is 1.80. The molecule has 1 saturated heterocycles. The summed E-state index contributed by atoms with van der Waals surface area (Å²) in [4.78, 5) is 4.90. The Morgan fingerprint density at radius 2 is 1.94 bits per heavy atom. The molecule has 3 heteroatoms. The topological polar surface area (TPSA) is 32.5 Å². The molecule has 0 aromatic heterocycles. The SMILES string of the molecule is CC[C@H]1CN(c2ccc(N)cc2)CCN1C. The van der Waals surface area contributed by atoms with Crippen LogP contribution in [-0.2, 0) is 0 Å². The number of nitrogens with zero attached hydrogens (tertiary/aromatic N) is 2. The van der Waals surface area contributed by atoms with E-state index in [-0.39, 0.29) is 0 Å². The number of likely N-dealkylation sites (N-methyl/N-ethyl adjacent to an activating group) is 1. The van der Waals surface area contributed by atoms with E-state index >= 15 is 0 Å². The van der Waals surface area contributed by atoms with Gasteiger partial charge in [-0.15, -0.1) is 0 Å². The zero-order valence-electron chi connectivity index (χ0n) is 10.2. The van der Waals surface area contributed by atoms with E-state index in [4.69, 9.17) is 5.73 Å². The molecule has 0 spiro atoms. The summed E-state index contributed by atoms with van der Waals surface area (Å²) in [5.41, 5.74) is 7.84. The number of benzene rings is 1. The van der Waals surface area contributed by atoms with E-state index in [1.54, 1.807) is 0 Å². The first kappa shape index (κ1) is 11.3. The molecule has 0 unspecified atom stereocenters. The lowest BCUT2D eigenvalue weighted by molar-refractivity contribution is 0.213. The number of piperazine rings is 1. The molecule has 2 N–H and O–H groups in total. The summed E-state index contributed by atoms with van der Waals surface area (Å²) in [6, 6.07) is 8.87. The van der Waals surface area contributed by atoms with Gasteiger partial charge in [-0.25, -0.2) is 0 Å². The maximum atomic E-state index is 5.70. The van der Waals surface area contributed by atoms with Crippen LogP contribution in [0.15, 0.2) is 24.3 Å². The van der Waals surface area contributed by atoms with E-state index in [0.29, 0.717) is 6.04 Å². The van der Waals surface area contributed by atoms with Gasteiger partial charge in [0, 0.05) is 37.1 Å². The largest absolute Gasteiger partial charge is 0.399 e. The van der Waals surface area contributed by atoms with Crippen molar-refractivity contribution in [2.24, 2.45) is 0 Å². The van der Waals surface area contributed by atoms with Gasteiger partial charge < -0.3 is 10.6 Å². The van der Waals surface area contributed by atoms with Crippen molar-refractivity contribution < 1.29 is 0 Å².